The van der Waals surface area contributed by atoms with Crippen molar-refractivity contribution in [1.29, 1.82) is 0 Å². The molecule has 2 nitrogen and oxygen atoms in total. The summed E-state index contributed by atoms with van der Waals surface area (Å²) in [6, 6.07) is 7.84. The lowest BCUT2D eigenvalue weighted by atomic mass is 10.2. The molecular formula is C16H23NOS. The minimum absolute atomic E-state index is 0.395. The van der Waals surface area contributed by atoms with E-state index in [1.165, 1.54) is 12.2 Å². The van der Waals surface area contributed by atoms with Crippen molar-refractivity contribution in [2.75, 3.05) is 24.7 Å². The molecular weight excluding hydrogens is 254 g/mol. The van der Waals surface area contributed by atoms with Gasteiger partial charge in [0.2, 0.25) is 0 Å². The smallest absolute Gasteiger partial charge is 0.119 e. The summed E-state index contributed by atoms with van der Waals surface area (Å²) in [5, 5.41) is 0. The third-order valence-electron chi connectivity index (χ3n) is 2.53. The van der Waals surface area contributed by atoms with Crippen molar-refractivity contribution in [1.82, 2.24) is 0 Å². The van der Waals surface area contributed by atoms with Crippen molar-refractivity contribution >= 4 is 11.8 Å². The van der Waals surface area contributed by atoms with E-state index in [2.05, 4.69) is 25.7 Å². The van der Waals surface area contributed by atoms with Crippen LogP contribution < -0.4 is 10.5 Å². The normalized spacial score (nSPS) is 10.1. The van der Waals surface area contributed by atoms with Gasteiger partial charge in [0, 0.05) is 11.3 Å². The van der Waals surface area contributed by atoms with Gasteiger partial charge in [0.05, 0.1) is 13.2 Å². The summed E-state index contributed by atoms with van der Waals surface area (Å²) < 4.78 is 5.68. The van der Waals surface area contributed by atoms with Crippen LogP contribution in [-0.4, -0.2) is 24.7 Å². The maximum absolute atomic E-state index is 5.68. The molecule has 3 heteroatoms. The van der Waals surface area contributed by atoms with Gasteiger partial charge in [-0.15, -0.1) is 0 Å². The Morgan fingerprint density at radius 1 is 1.21 bits per heavy atom. The molecule has 0 fully saturated rings. The van der Waals surface area contributed by atoms with Gasteiger partial charge in [-0.05, 0) is 42.4 Å². The van der Waals surface area contributed by atoms with Crippen LogP contribution >= 0.6 is 11.8 Å². The largest absolute Gasteiger partial charge is 0.493 e. The van der Waals surface area contributed by atoms with Gasteiger partial charge < -0.3 is 10.5 Å². The zero-order valence-corrected chi connectivity index (χ0v) is 12.6. The zero-order valence-electron chi connectivity index (χ0n) is 11.8. The lowest BCUT2D eigenvalue weighted by Crippen LogP contribution is -2.01. The van der Waals surface area contributed by atoms with E-state index in [0.29, 0.717) is 6.54 Å². The molecule has 0 aliphatic carbocycles. The standard InChI is InChI=1S/C16H23NOS/c1-14(2)9-12-19-13-11-18-16-7-5-15(6-8-16)4-3-10-17/h5-8,14H,9-13,17H2,1-2H3. The van der Waals surface area contributed by atoms with Gasteiger partial charge in [0.15, 0.2) is 0 Å². The summed E-state index contributed by atoms with van der Waals surface area (Å²) >= 11 is 1.95. The Balaban J connectivity index is 2.19. The van der Waals surface area contributed by atoms with Crippen LogP contribution in [-0.2, 0) is 0 Å². The van der Waals surface area contributed by atoms with Crippen LogP contribution in [0.4, 0.5) is 0 Å². The van der Waals surface area contributed by atoms with Crippen LogP contribution in [0.5, 0.6) is 5.75 Å². The number of thioether (sulfide) groups is 1. The highest BCUT2D eigenvalue weighted by molar-refractivity contribution is 7.99. The van der Waals surface area contributed by atoms with E-state index in [9.17, 15) is 0 Å². The SMILES string of the molecule is CC(C)CCSCCOc1ccc(C#CCN)cc1. The summed E-state index contributed by atoms with van der Waals surface area (Å²) in [6.07, 6.45) is 1.28. The van der Waals surface area contributed by atoms with Gasteiger partial charge in [-0.1, -0.05) is 25.7 Å². The lowest BCUT2D eigenvalue weighted by molar-refractivity contribution is 0.344. The highest BCUT2D eigenvalue weighted by Crippen LogP contribution is 2.13. The topological polar surface area (TPSA) is 35.2 Å². The maximum Gasteiger partial charge on any atom is 0.119 e. The number of nitrogens with two attached hydrogens (primary N) is 1. The summed E-state index contributed by atoms with van der Waals surface area (Å²) in [6.45, 7) is 5.67. The highest BCUT2D eigenvalue weighted by atomic mass is 32.2. The minimum atomic E-state index is 0.395. The predicted octanol–water partition coefficient (Wildman–Crippen LogP) is 3.15. The molecule has 0 spiro atoms. The molecule has 0 aliphatic heterocycles. The first kappa shape index (κ1) is 15.9. The molecule has 0 aromatic heterocycles. The quantitative estimate of drug-likeness (QED) is 0.614. The second-order valence-electron chi connectivity index (χ2n) is 4.67. The van der Waals surface area contributed by atoms with Gasteiger partial charge >= 0.3 is 0 Å². The molecule has 2 N–H and O–H groups in total. The fraction of sp³-hybridized carbons (Fsp3) is 0.500. The Labute approximate surface area is 121 Å². The average Bonchev–Trinajstić information content (AvgIpc) is 2.41. The molecule has 0 unspecified atom stereocenters. The van der Waals surface area contributed by atoms with Crippen LogP contribution in [0.2, 0.25) is 0 Å². The second kappa shape index (κ2) is 9.77. The van der Waals surface area contributed by atoms with Crippen molar-refractivity contribution in [3.8, 4) is 17.6 Å². The van der Waals surface area contributed by atoms with Crippen molar-refractivity contribution in [3.63, 3.8) is 0 Å². The van der Waals surface area contributed by atoms with Gasteiger partial charge in [-0.3, -0.25) is 0 Å². The molecule has 0 atom stereocenters. The Bertz CT molecular complexity index is 403. The predicted molar refractivity (Wildman–Crippen MR) is 84.6 cm³/mol. The van der Waals surface area contributed by atoms with E-state index < -0.39 is 0 Å². The van der Waals surface area contributed by atoms with E-state index in [0.717, 1.165) is 29.6 Å². The number of rotatable bonds is 7. The number of hydrogen-bond acceptors (Lipinski definition) is 3. The van der Waals surface area contributed by atoms with Crippen LogP contribution in [0.1, 0.15) is 25.8 Å². The molecule has 0 saturated carbocycles. The van der Waals surface area contributed by atoms with Crippen LogP contribution in [0.3, 0.4) is 0 Å². The number of benzene rings is 1. The van der Waals surface area contributed by atoms with Gasteiger partial charge in [0.1, 0.15) is 5.75 Å². The van der Waals surface area contributed by atoms with Crippen molar-refractivity contribution in [2.45, 2.75) is 20.3 Å². The van der Waals surface area contributed by atoms with E-state index in [1.54, 1.807) is 0 Å². The molecule has 0 radical (unpaired) electrons. The Kier molecular flexibility index (Phi) is 8.20. The first-order chi connectivity index (χ1) is 9.22. The first-order valence-electron chi connectivity index (χ1n) is 6.72. The van der Waals surface area contributed by atoms with Gasteiger partial charge in [-0.25, -0.2) is 0 Å². The van der Waals surface area contributed by atoms with E-state index >= 15 is 0 Å². The molecule has 19 heavy (non-hydrogen) atoms. The highest BCUT2D eigenvalue weighted by Gasteiger charge is 1.96. The molecule has 0 heterocycles. The monoisotopic (exact) mass is 277 g/mol. The van der Waals surface area contributed by atoms with Gasteiger partial charge in [0.25, 0.3) is 0 Å². The fourth-order valence-electron chi connectivity index (χ4n) is 1.43. The summed E-state index contributed by atoms with van der Waals surface area (Å²) in [7, 11) is 0. The first-order valence-corrected chi connectivity index (χ1v) is 7.87. The molecule has 0 bridgehead atoms. The van der Waals surface area contributed by atoms with E-state index in [4.69, 9.17) is 10.5 Å². The van der Waals surface area contributed by atoms with Crippen LogP contribution in [0.15, 0.2) is 24.3 Å². The van der Waals surface area contributed by atoms with Gasteiger partial charge in [-0.2, -0.15) is 11.8 Å². The molecule has 1 rings (SSSR count). The maximum atomic E-state index is 5.68. The van der Waals surface area contributed by atoms with Crippen molar-refractivity contribution in [2.24, 2.45) is 11.7 Å². The Hall–Kier alpha value is -1.11. The average molecular weight is 277 g/mol. The molecule has 1 aromatic carbocycles. The number of hydrogen-bond donors (Lipinski definition) is 1. The minimum Gasteiger partial charge on any atom is -0.493 e. The van der Waals surface area contributed by atoms with E-state index in [1.807, 2.05) is 36.0 Å². The third-order valence-corrected chi connectivity index (χ3v) is 3.50. The molecule has 104 valence electrons. The molecule has 1 aromatic rings. The molecule has 0 saturated heterocycles. The second-order valence-corrected chi connectivity index (χ2v) is 5.90. The zero-order chi connectivity index (χ0) is 13.9. The lowest BCUT2D eigenvalue weighted by Gasteiger charge is -2.07. The van der Waals surface area contributed by atoms with Crippen molar-refractivity contribution in [3.05, 3.63) is 29.8 Å². The Morgan fingerprint density at radius 2 is 1.95 bits per heavy atom. The summed E-state index contributed by atoms with van der Waals surface area (Å²) in [5.41, 5.74) is 6.31. The summed E-state index contributed by atoms with van der Waals surface area (Å²) in [4.78, 5) is 0. The molecule has 0 aliphatic rings. The summed E-state index contributed by atoms with van der Waals surface area (Å²) in [5.74, 6) is 9.78. The van der Waals surface area contributed by atoms with Crippen molar-refractivity contribution < 1.29 is 4.74 Å². The fourth-order valence-corrected chi connectivity index (χ4v) is 2.47. The molecule has 0 amide bonds. The third kappa shape index (κ3) is 7.81. The van der Waals surface area contributed by atoms with Crippen LogP contribution in [0, 0.1) is 17.8 Å². The number of ether oxygens (including phenoxy) is 1. The van der Waals surface area contributed by atoms with E-state index in [-0.39, 0.29) is 0 Å². The Morgan fingerprint density at radius 3 is 2.58 bits per heavy atom. The van der Waals surface area contributed by atoms with Crippen LogP contribution in [0.25, 0.3) is 0 Å².